The molecule has 3 aromatic rings. The molecule has 20 heavy (non-hydrogen) atoms. The van der Waals surface area contributed by atoms with E-state index in [4.69, 9.17) is 5.11 Å². The van der Waals surface area contributed by atoms with E-state index >= 15 is 0 Å². The maximum absolute atomic E-state index is 10.9. The van der Waals surface area contributed by atoms with Crippen LogP contribution in [0.3, 0.4) is 0 Å². The Balaban J connectivity index is 2.20. The quantitative estimate of drug-likeness (QED) is 0.804. The van der Waals surface area contributed by atoms with Gasteiger partial charge in [0.05, 0.1) is 12.1 Å². The van der Waals surface area contributed by atoms with Gasteiger partial charge in [0.2, 0.25) is 0 Å². The summed E-state index contributed by atoms with van der Waals surface area (Å²) in [5.74, 6) is -0.0987. The zero-order valence-corrected chi connectivity index (χ0v) is 11.9. The summed E-state index contributed by atoms with van der Waals surface area (Å²) in [4.78, 5) is 15.3. The first-order chi connectivity index (χ1) is 9.58. The Morgan fingerprint density at radius 1 is 1.40 bits per heavy atom. The van der Waals surface area contributed by atoms with E-state index in [1.807, 2.05) is 31.4 Å². The standard InChI is InChI=1S/C14H13N3O2S/c1-8-11(7-13(18)19)9(2)17(16-8)14-10-4-6-20-12(10)3-5-15-14/h3-6H,7H2,1-2H3,(H,18,19). The van der Waals surface area contributed by atoms with Gasteiger partial charge in [-0.05, 0) is 31.4 Å². The third-order valence-electron chi connectivity index (χ3n) is 3.33. The van der Waals surface area contributed by atoms with Gasteiger partial charge in [0.1, 0.15) is 0 Å². The highest BCUT2D eigenvalue weighted by molar-refractivity contribution is 7.17. The molecule has 0 saturated carbocycles. The summed E-state index contributed by atoms with van der Waals surface area (Å²) in [6.07, 6.45) is 1.73. The Kier molecular flexibility index (Phi) is 3.02. The molecule has 5 nitrogen and oxygen atoms in total. The van der Waals surface area contributed by atoms with E-state index in [0.29, 0.717) is 0 Å². The van der Waals surface area contributed by atoms with Crippen molar-refractivity contribution in [2.75, 3.05) is 0 Å². The maximum atomic E-state index is 10.9. The zero-order chi connectivity index (χ0) is 14.3. The molecular formula is C14H13N3O2S. The molecule has 0 fully saturated rings. The second-order valence-corrected chi connectivity index (χ2v) is 5.55. The minimum atomic E-state index is -0.850. The molecule has 1 N–H and O–H groups in total. The summed E-state index contributed by atoms with van der Waals surface area (Å²) in [5, 5.41) is 16.5. The lowest BCUT2D eigenvalue weighted by Crippen LogP contribution is -2.04. The highest BCUT2D eigenvalue weighted by Gasteiger charge is 2.17. The zero-order valence-electron chi connectivity index (χ0n) is 11.1. The van der Waals surface area contributed by atoms with Crippen LogP contribution in [-0.2, 0) is 11.2 Å². The molecule has 3 heterocycles. The number of aromatic nitrogens is 3. The van der Waals surface area contributed by atoms with Gasteiger partial charge >= 0.3 is 5.97 Å². The van der Waals surface area contributed by atoms with Gasteiger partial charge in [0, 0.05) is 27.5 Å². The Labute approximate surface area is 119 Å². The second-order valence-electron chi connectivity index (χ2n) is 4.60. The molecule has 3 aromatic heterocycles. The highest BCUT2D eigenvalue weighted by Crippen LogP contribution is 2.27. The van der Waals surface area contributed by atoms with Crippen molar-refractivity contribution >= 4 is 27.4 Å². The molecule has 0 bridgehead atoms. The average molecular weight is 287 g/mol. The minimum absolute atomic E-state index is 0.0166. The fourth-order valence-corrected chi connectivity index (χ4v) is 3.11. The number of hydrogen-bond donors (Lipinski definition) is 1. The predicted octanol–water partition coefficient (Wildman–Crippen LogP) is 2.73. The number of hydrogen-bond acceptors (Lipinski definition) is 4. The molecule has 0 spiro atoms. The van der Waals surface area contributed by atoms with E-state index in [-0.39, 0.29) is 6.42 Å². The first-order valence-electron chi connectivity index (χ1n) is 6.17. The van der Waals surface area contributed by atoms with Crippen molar-refractivity contribution in [2.45, 2.75) is 20.3 Å². The highest BCUT2D eigenvalue weighted by atomic mass is 32.1. The molecule has 0 aliphatic heterocycles. The van der Waals surface area contributed by atoms with E-state index in [2.05, 4.69) is 10.1 Å². The predicted molar refractivity (Wildman–Crippen MR) is 77.6 cm³/mol. The normalized spacial score (nSPS) is 11.1. The number of nitrogens with zero attached hydrogens (tertiary/aromatic N) is 3. The van der Waals surface area contributed by atoms with Crippen LogP contribution >= 0.6 is 11.3 Å². The fraction of sp³-hybridized carbons (Fsp3) is 0.214. The number of pyridine rings is 1. The summed E-state index contributed by atoms with van der Waals surface area (Å²) in [5.41, 5.74) is 2.32. The lowest BCUT2D eigenvalue weighted by atomic mass is 10.1. The number of aliphatic carboxylic acids is 1. The summed E-state index contributed by atoms with van der Waals surface area (Å²) < 4.78 is 2.88. The van der Waals surface area contributed by atoms with Crippen LogP contribution in [0, 0.1) is 13.8 Å². The van der Waals surface area contributed by atoms with Crippen LogP contribution in [0.2, 0.25) is 0 Å². The van der Waals surface area contributed by atoms with Crippen molar-refractivity contribution in [3.8, 4) is 5.82 Å². The van der Waals surface area contributed by atoms with E-state index < -0.39 is 5.97 Å². The SMILES string of the molecule is Cc1nn(-c2nccc3sccc23)c(C)c1CC(=O)O. The molecule has 0 atom stereocenters. The van der Waals surface area contributed by atoms with Crippen molar-refractivity contribution in [1.29, 1.82) is 0 Å². The molecule has 0 radical (unpaired) electrons. The maximum Gasteiger partial charge on any atom is 0.307 e. The van der Waals surface area contributed by atoms with Crippen molar-refractivity contribution in [2.24, 2.45) is 0 Å². The molecule has 0 unspecified atom stereocenters. The molecule has 0 aliphatic rings. The monoisotopic (exact) mass is 287 g/mol. The van der Waals surface area contributed by atoms with E-state index in [1.54, 1.807) is 22.2 Å². The number of thiophene rings is 1. The lowest BCUT2D eigenvalue weighted by Gasteiger charge is -2.05. The van der Waals surface area contributed by atoms with Crippen LogP contribution < -0.4 is 0 Å². The average Bonchev–Trinajstić information content (AvgIpc) is 2.98. The van der Waals surface area contributed by atoms with Gasteiger partial charge in [0.25, 0.3) is 0 Å². The number of rotatable bonds is 3. The van der Waals surface area contributed by atoms with Crippen LogP contribution in [0.15, 0.2) is 23.7 Å². The van der Waals surface area contributed by atoms with Crippen LogP contribution in [0.25, 0.3) is 15.9 Å². The molecule has 6 heteroatoms. The summed E-state index contributed by atoms with van der Waals surface area (Å²) in [6, 6.07) is 3.98. The van der Waals surface area contributed by atoms with E-state index in [0.717, 1.165) is 32.9 Å². The van der Waals surface area contributed by atoms with Crippen molar-refractivity contribution in [1.82, 2.24) is 14.8 Å². The van der Waals surface area contributed by atoms with Crippen LogP contribution in [0.1, 0.15) is 17.0 Å². The second kappa shape index (κ2) is 4.72. The summed E-state index contributed by atoms with van der Waals surface area (Å²) in [6.45, 7) is 3.71. The van der Waals surface area contributed by atoms with Gasteiger partial charge in [-0.1, -0.05) is 0 Å². The fourth-order valence-electron chi connectivity index (χ4n) is 2.34. The van der Waals surface area contributed by atoms with Crippen LogP contribution in [0.5, 0.6) is 0 Å². The summed E-state index contributed by atoms with van der Waals surface area (Å²) in [7, 11) is 0. The van der Waals surface area contributed by atoms with Crippen molar-refractivity contribution < 1.29 is 9.90 Å². The largest absolute Gasteiger partial charge is 0.481 e. The van der Waals surface area contributed by atoms with Gasteiger partial charge in [-0.15, -0.1) is 11.3 Å². The first-order valence-corrected chi connectivity index (χ1v) is 7.05. The van der Waals surface area contributed by atoms with Gasteiger partial charge in [-0.2, -0.15) is 5.10 Å². The molecular weight excluding hydrogens is 274 g/mol. The van der Waals surface area contributed by atoms with Crippen molar-refractivity contribution in [3.63, 3.8) is 0 Å². The minimum Gasteiger partial charge on any atom is -0.481 e. The topological polar surface area (TPSA) is 68.0 Å². The van der Waals surface area contributed by atoms with Gasteiger partial charge in [0.15, 0.2) is 5.82 Å². The van der Waals surface area contributed by atoms with E-state index in [1.165, 1.54) is 0 Å². The number of aryl methyl sites for hydroxylation is 1. The molecule has 0 saturated heterocycles. The summed E-state index contributed by atoms with van der Waals surface area (Å²) >= 11 is 1.65. The van der Waals surface area contributed by atoms with Gasteiger partial charge < -0.3 is 5.11 Å². The Hall–Kier alpha value is -2.21. The molecule has 102 valence electrons. The number of fused-ring (bicyclic) bond motifs is 1. The molecule has 0 aromatic carbocycles. The van der Waals surface area contributed by atoms with Gasteiger partial charge in [-0.3, -0.25) is 4.79 Å². The Bertz CT molecular complexity index is 804. The third kappa shape index (κ3) is 1.98. The third-order valence-corrected chi connectivity index (χ3v) is 4.21. The first kappa shape index (κ1) is 12.8. The van der Waals surface area contributed by atoms with Crippen molar-refractivity contribution in [3.05, 3.63) is 40.7 Å². The van der Waals surface area contributed by atoms with Gasteiger partial charge in [-0.25, -0.2) is 9.67 Å². The number of carboxylic acid groups (broad SMARTS) is 1. The molecule has 3 rings (SSSR count). The van der Waals surface area contributed by atoms with E-state index in [9.17, 15) is 4.79 Å². The molecule has 0 aliphatic carbocycles. The lowest BCUT2D eigenvalue weighted by molar-refractivity contribution is -0.136. The number of carbonyl (C=O) groups is 1. The molecule has 0 amide bonds. The van der Waals surface area contributed by atoms with Crippen LogP contribution in [-0.4, -0.2) is 25.8 Å². The smallest absolute Gasteiger partial charge is 0.307 e. The Morgan fingerprint density at radius 3 is 2.95 bits per heavy atom. The van der Waals surface area contributed by atoms with Crippen LogP contribution in [0.4, 0.5) is 0 Å². The Morgan fingerprint density at radius 2 is 2.20 bits per heavy atom. The number of carboxylic acids is 1.